The van der Waals surface area contributed by atoms with E-state index in [4.69, 9.17) is 10.2 Å². The molecule has 4 heteroatoms. The van der Waals surface area contributed by atoms with Gasteiger partial charge in [0.25, 0.3) is 0 Å². The van der Waals surface area contributed by atoms with Crippen LogP contribution in [0.1, 0.15) is 16.9 Å². The molecular weight excluding hydrogens is 228 g/mol. The van der Waals surface area contributed by atoms with Gasteiger partial charge in [-0.25, -0.2) is 0 Å². The molecule has 94 valence electrons. The van der Waals surface area contributed by atoms with Crippen LogP contribution in [0, 0.1) is 6.92 Å². The third kappa shape index (κ3) is 3.13. The summed E-state index contributed by atoms with van der Waals surface area (Å²) in [4.78, 5) is 11.7. The predicted molar refractivity (Wildman–Crippen MR) is 69.9 cm³/mol. The lowest BCUT2D eigenvalue weighted by molar-refractivity contribution is -0.120. The number of carbonyl (C=O) groups excluding carboxylic acids is 1. The quantitative estimate of drug-likeness (QED) is 0.808. The van der Waals surface area contributed by atoms with Crippen LogP contribution >= 0.6 is 0 Å². The SMILES string of the molecule is Cc1ccc(CC(=O)NCc2ccco2)c(N)c1. The van der Waals surface area contributed by atoms with Gasteiger partial charge in [0.15, 0.2) is 0 Å². The normalized spacial score (nSPS) is 10.3. The van der Waals surface area contributed by atoms with Crippen molar-refractivity contribution in [1.29, 1.82) is 0 Å². The Bertz CT molecular complexity index is 533. The Morgan fingerprint density at radius 1 is 1.39 bits per heavy atom. The highest BCUT2D eigenvalue weighted by molar-refractivity contribution is 5.80. The molecular formula is C14H16N2O2. The van der Waals surface area contributed by atoms with Crippen molar-refractivity contribution < 1.29 is 9.21 Å². The summed E-state index contributed by atoms with van der Waals surface area (Å²) in [5.74, 6) is 0.669. The maximum absolute atomic E-state index is 11.7. The van der Waals surface area contributed by atoms with Gasteiger partial charge in [0.2, 0.25) is 5.91 Å². The molecule has 0 bridgehead atoms. The van der Waals surface area contributed by atoms with Crippen LogP contribution < -0.4 is 11.1 Å². The molecule has 1 amide bonds. The molecule has 0 aliphatic heterocycles. The molecule has 1 aromatic carbocycles. The number of nitrogens with one attached hydrogen (secondary N) is 1. The van der Waals surface area contributed by atoms with Gasteiger partial charge in [-0.2, -0.15) is 0 Å². The summed E-state index contributed by atoms with van der Waals surface area (Å²) in [5.41, 5.74) is 8.45. The monoisotopic (exact) mass is 244 g/mol. The molecule has 0 aliphatic carbocycles. The molecule has 4 nitrogen and oxygen atoms in total. The minimum atomic E-state index is -0.0676. The van der Waals surface area contributed by atoms with Gasteiger partial charge in [0.05, 0.1) is 19.2 Å². The van der Waals surface area contributed by atoms with Crippen LogP contribution in [-0.2, 0) is 17.8 Å². The van der Waals surface area contributed by atoms with Gasteiger partial charge in [-0.15, -0.1) is 0 Å². The molecule has 3 N–H and O–H groups in total. The van der Waals surface area contributed by atoms with Gasteiger partial charge in [-0.05, 0) is 36.2 Å². The number of rotatable bonds is 4. The van der Waals surface area contributed by atoms with Crippen LogP contribution in [0.4, 0.5) is 5.69 Å². The highest BCUT2D eigenvalue weighted by atomic mass is 16.3. The van der Waals surface area contributed by atoms with Gasteiger partial charge in [0.1, 0.15) is 5.76 Å². The van der Waals surface area contributed by atoms with E-state index in [1.807, 2.05) is 31.2 Å². The fraction of sp³-hybridized carbons (Fsp3) is 0.214. The third-order valence-corrected chi connectivity index (χ3v) is 2.69. The minimum Gasteiger partial charge on any atom is -0.467 e. The lowest BCUT2D eigenvalue weighted by Gasteiger charge is -2.07. The number of anilines is 1. The Morgan fingerprint density at radius 3 is 2.89 bits per heavy atom. The summed E-state index contributed by atoms with van der Waals surface area (Å²) in [7, 11) is 0. The zero-order valence-corrected chi connectivity index (χ0v) is 10.3. The summed E-state index contributed by atoms with van der Waals surface area (Å²) < 4.78 is 5.13. The average Bonchev–Trinajstić information content (AvgIpc) is 2.83. The molecule has 0 aliphatic rings. The van der Waals surface area contributed by atoms with E-state index in [2.05, 4.69) is 5.32 Å². The zero-order valence-electron chi connectivity index (χ0n) is 10.3. The predicted octanol–water partition coefficient (Wildman–Crippen LogP) is 2.03. The Labute approximate surface area is 106 Å². The molecule has 0 radical (unpaired) electrons. The number of nitrogens with two attached hydrogens (primary N) is 1. The fourth-order valence-corrected chi connectivity index (χ4v) is 1.71. The Balaban J connectivity index is 1.91. The highest BCUT2D eigenvalue weighted by Crippen LogP contribution is 2.14. The van der Waals surface area contributed by atoms with E-state index in [0.717, 1.165) is 16.9 Å². The molecule has 0 fully saturated rings. The maximum Gasteiger partial charge on any atom is 0.224 e. The van der Waals surface area contributed by atoms with Crippen molar-refractivity contribution in [2.24, 2.45) is 0 Å². The zero-order chi connectivity index (χ0) is 13.0. The van der Waals surface area contributed by atoms with E-state index in [-0.39, 0.29) is 12.3 Å². The van der Waals surface area contributed by atoms with Crippen molar-refractivity contribution in [2.75, 3.05) is 5.73 Å². The van der Waals surface area contributed by atoms with E-state index in [1.54, 1.807) is 12.3 Å². The first kappa shape index (κ1) is 12.2. The van der Waals surface area contributed by atoms with Crippen molar-refractivity contribution in [3.63, 3.8) is 0 Å². The average molecular weight is 244 g/mol. The molecule has 2 rings (SSSR count). The number of amides is 1. The summed E-state index contributed by atoms with van der Waals surface area (Å²) in [6.07, 6.45) is 1.87. The Hall–Kier alpha value is -2.23. The second-order valence-corrected chi connectivity index (χ2v) is 4.24. The lowest BCUT2D eigenvalue weighted by atomic mass is 10.1. The van der Waals surface area contributed by atoms with E-state index in [9.17, 15) is 4.79 Å². The van der Waals surface area contributed by atoms with Crippen LogP contribution in [-0.4, -0.2) is 5.91 Å². The van der Waals surface area contributed by atoms with Gasteiger partial charge in [0, 0.05) is 5.69 Å². The van der Waals surface area contributed by atoms with Gasteiger partial charge < -0.3 is 15.5 Å². The number of hydrogen-bond acceptors (Lipinski definition) is 3. The largest absolute Gasteiger partial charge is 0.467 e. The topological polar surface area (TPSA) is 68.3 Å². The smallest absolute Gasteiger partial charge is 0.224 e. The minimum absolute atomic E-state index is 0.0676. The van der Waals surface area contributed by atoms with Gasteiger partial charge in [-0.1, -0.05) is 12.1 Å². The number of benzene rings is 1. The van der Waals surface area contributed by atoms with Crippen LogP contribution in [0.25, 0.3) is 0 Å². The first-order valence-electron chi connectivity index (χ1n) is 5.79. The van der Waals surface area contributed by atoms with E-state index < -0.39 is 0 Å². The third-order valence-electron chi connectivity index (χ3n) is 2.69. The van der Waals surface area contributed by atoms with Gasteiger partial charge in [-0.3, -0.25) is 4.79 Å². The van der Waals surface area contributed by atoms with Crippen molar-refractivity contribution in [3.05, 3.63) is 53.5 Å². The molecule has 1 heterocycles. The summed E-state index contributed by atoms with van der Waals surface area (Å²) in [6.45, 7) is 2.37. The molecule has 2 aromatic rings. The van der Waals surface area contributed by atoms with Gasteiger partial charge >= 0.3 is 0 Å². The molecule has 0 saturated heterocycles. The first-order chi connectivity index (χ1) is 8.65. The first-order valence-corrected chi connectivity index (χ1v) is 5.79. The lowest BCUT2D eigenvalue weighted by Crippen LogP contribution is -2.24. The van der Waals surface area contributed by atoms with Crippen molar-refractivity contribution in [2.45, 2.75) is 19.9 Å². The van der Waals surface area contributed by atoms with E-state index >= 15 is 0 Å². The number of carbonyl (C=O) groups is 1. The Morgan fingerprint density at radius 2 is 2.22 bits per heavy atom. The van der Waals surface area contributed by atoms with Crippen LogP contribution in [0.5, 0.6) is 0 Å². The number of furan rings is 1. The molecule has 1 aromatic heterocycles. The molecule has 0 unspecified atom stereocenters. The van der Waals surface area contributed by atoms with Crippen LogP contribution in [0.15, 0.2) is 41.0 Å². The second-order valence-electron chi connectivity index (χ2n) is 4.24. The van der Waals surface area contributed by atoms with Crippen molar-refractivity contribution in [1.82, 2.24) is 5.32 Å². The fourth-order valence-electron chi connectivity index (χ4n) is 1.71. The standard InChI is InChI=1S/C14H16N2O2/c1-10-4-5-11(13(15)7-10)8-14(17)16-9-12-3-2-6-18-12/h2-7H,8-9,15H2,1H3,(H,16,17). The maximum atomic E-state index is 11.7. The second kappa shape index (κ2) is 5.40. The summed E-state index contributed by atoms with van der Waals surface area (Å²) in [6, 6.07) is 9.32. The Kier molecular flexibility index (Phi) is 3.67. The molecule has 0 spiro atoms. The summed E-state index contributed by atoms with van der Waals surface area (Å²) >= 11 is 0. The van der Waals surface area contributed by atoms with Crippen molar-refractivity contribution in [3.8, 4) is 0 Å². The van der Waals surface area contributed by atoms with Crippen LogP contribution in [0.2, 0.25) is 0 Å². The molecule has 0 saturated carbocycles. The number of aryl methyl sites for hydroxylation is 1. The van der Waals surface area contributed by atoms with E-state index in [0.29, 0.717) is 12.2 Å². The summed E-state index contributed by atoms with van der Waals surface area (Å²) in [5, 5.41) is 2.79. The molecule has 18 heavy (non-hydrogen) atoms. The highest BCUT2D eigenvalue weighted by Gasteiger charge is 2.07. The van der Waals surface area contributed by atoms with E-state index in [1.165, 1.54) is 0 Å². The van der Waals surface area contributed by atoms with Crippen molar-refractivity contribution >= 4 is 11.6 Å². The molecule has 0 atom stereocenters. The van der Waals surface area contributed by atoms with Crippen LogP contribution in [0.3, 0.4) is 0 Å². The number of hydrogen-bond donors (Lipinski definition) is 2. The number of nitrogen functional groups attached to an aromatic ring is 1.